The van der Waals surface area contributed by atoms with Crippen LogP contribution in [-0.2, 0) is 0 Å². The Labute approximate surface area is 59.1 Å². The van der Waals surface area contributed by atoms with E-state index in [4.69, 9.17) is 0 Å². The highest BCUT2D eigenvalue weighted by molar-refractivity contribution is 4.63. The van der Waals surface area contributed by atoms with Gasteiger partial charge in [0.2, 0.25) is 0 Å². The summed E-state index contributed by atoms with van der Waals surface area (Å²) < 4.78 is 0. The van der Waals surface area contributed by atoms with E-state index in [1.165, 1.54) is 6.42 Å². The van der Waals surface area contributed by atoms with E-state index in [2.05, 4.69) is 32.6 Å². The molecule has 1 radical (unpaired) electrons. The molecule has 0 aliphatic heterocycles. The summed E-state index contributed by atoms with van der Waals surface area (Å²) in [5.74, 6) is 0. The Morgan fingerprint density at radius 1 is 1.44 bits per heavy atom. The predicted octanol–water partition coefficient (Wildman–Crippen LogP) is 1.94. The lowest BCUT2D eigenvalue weighted by Gasteiger charge is -2.24. The van der Waals surface area contributed by atoms with Crippen LogP contribution in [-0.4, -0.2) is 24.0 Å². The quantitative estimate of drug-likeness (QED) is 0.559. The molecule has 0 aliphatic rings. The molecule has 0 bridgehead atoms. The molecule has 0 aromatic heterocycles. The summed E-state index contributed by atoms with van der Waals surface area (Å²) in [7, 11) is 0. The minimum atomic E-state index is 0.701. The lowest BCUT2D eigenvalue weighted by Crippen LogP contribution is -2.31. The second-order valence-corrected chi connectivity index (χ2v) is 2.39. The first kappa shape index (κ1) is 8.96. The highest BCUT2D eigenvalue weighted by Gasteiger charge is 2.05. The third kappa shape index (κ3) is 2.85. The smallest absolute Gasteiger partial charge is 0.00641 e. The van der Waals surface area contributed by atoms with Crippen molar-refractivity contribution in [3.63, 3.8) is 0 Å². The van der Waals surface area contributed by atoms with E-state index >= 15 is 0 Å². The number of nitrogens with zero attached hydrogens (tertiary/aromatic N) is 1. The van der Waals surface area contributed by atoms with Crippen molar-refractivity contribution in [2.45, 2.75) is 33.2 Å². The van der Waals surface area contributed by atoms with Gasteiger partial charge >= 0.3 is 0 Å². The first-order valence-corrected chi connectivity index (χ1v) is 3.79. The Morgan fingerprint density at radius 2 is 2.00 bits per heavy atom. The summed E-state index contributed by atoms with van der Waals surface area (Å²) in [6.45, 7) is 12.5. The van der Waals surface area contributed by atoms with Crippen LogP contribution in [0.4, 0.5) is 0 Å². The third-order valence-electron chi connectivity index (χ3n) is 1.91. The summed E-state index contributed by atoms with van der Waals surface area (Å²) >= 11 is 0. The Kier molecular flexibility index (Phi) is 4.78. The molecule has 1 unspecified atom stereocenters. The highest BCUT2D eigenvalue weighted by Crippen LogP contribution is 2.00. The summed E-state index contributed by atoms with van der Waals surface area (Å²) in [4.78, 5) is 2.36. The fourth-order valence-corrected chi connectivity index (χ4v) is 0.948. The third-order valence-corrected chi connectivity index (χ3v) is 1.91. The molecule has 0 heterocycles. The van der Waals surface area contributed by atoms with Crippen LogP contribution < -0.4 is 0 Å². The van der Waals surface area contributed by atoms with E-state index in [9.17, 15) is 0 Å². The van der Waals surface area contributed by atoms with Crippen LogP contribution >= 0.6 is 0 Å². The normalized spacial score (nSPS) is 14.3. The SMILES string of the molecule is [CH2]CN(CC)C(C)CC. The zero-order valence-electron chi connectivity index (χ0n) is 6.85. The Balaban J connectivity index is 3.50. The fourth-order valence-electron chi connectivity index (χ4n) is 0.948. The molecule has 0 spiro atoms. The summed E-state index contributed by atoms with van der Waals surface area (Å²) in [5.41, 5.74) is 0. The van der Waals surface area contributed by atoms with Gasteiger partial charge in [0.25, 0.3) is 0 Å². The standard InChI is InChI=1S/C8H18N/c1-5-8(4)9(6-2)7-3/h8H,2,5-7H2,1,3-4H3. The zero-order chi connectivity index (χ0) is 7.28. The van der Waals surface area contributed by atoms with Crippen molar-refractivity contribution >= 4 is 0 Å². The van der Waals surface area contributed by atoms with E-state index < -0.39 is 0 Å². The molecule has 0 aromatic carbocycles. The molecule has 0 saturated carbocycles. The summed E-state index contributed by atoms with van der Waals surface area (Å²) in [6.07, 6.45) is 1.23. The molecule has 0 aliphatic carbocycles. The molecule has 0 amide bonds. The van der Waals surface area contributed by atoms with Crippen molar-refractivity contribution in [3.05, 3.63) is 6.92 Å². The van der Waals surface area contributed by atoms with Crippen molar-refractivity contribution in [1.82, 2.24) is 4.90 Å². The monoisotopic (exact) mass is 128 g/mol. The second kappa shape index (κ2) is 4.80. The maximum absolute atomic E-state index is 3.85. The minimum absolute atomic E-state index is 0.701. The number of hydrogen-bond donors (Lipinski definition) is 0. The molecule has 0 aromatic rings. The van der Waals surface area contributed by atoms with Gasteiger partial charge in [-0.2, -0.15) is 0 Å². The van der Waals surface area contributed by atoms with Crippen LogP contribution in [0, 0.1) is 6.92 Å². The Hall–Kier alpha value is -0.0400. The second-order valence-electron chi connectivity index (χ2n) is 2.39. The average molecular weight is 128 g/mol. The van der Waals surface area contributed by atoms with Crippen molar-refractivity contribution < 1.29 is 0 Å². The number of hydrogen-bond acceptors (Lipinski definition) is 1. The minimum Gasteiger partial charge on any atom is -0.301 e. The fraction of sp³-hybridized carbons (Fsp3) is 0.875. The topological polar surface area (TPSA) is 3.24 Å². The van der Waals surface area contributed by atoms with Crippen LogP contribution in [0.25, 0.3) is 0 Å². The molecule has 1 heteroatoms. The molecule has 55 valence electrons. The molecule has 9 heavy (non-hydrogen) atoms. The largest absolute Gasteiger partial charge is 0.301 e. The summed E-state index contributed by atoms with van der Waals surface area (Å²) in [6, 6.07) is 0.701. The maximum atomic E-state index is 3.85. The average Bonchev–Trinajstić information content (AvgIpc) is 1.90. The van der Waals surface area contributed by atoms with Gasteiger partial charge in [0.05, 0.1) is 0 Å². The van der Waals surface area contributed by atoms with Crippen LogP contribution in [0.5, 0.6) is 0 Å². The first-order chi connectivity index (χ1) is 4.26. The van der Waals surface area contributed by atoms with Gasteiger partial charge in [0.15, 0.2) is 0 Å². The maximum Gasteiger partial charge on any atom is 0.00641 e. The van der Waals surface area contributed by atoms with Crippen molar-refractivity contribution in [3.8, 4) is 0 Å². The first-order valence-electron chi connectivity index (χ1n) is 3.79. The zero-order valence-corrected chi connectivity index (χ0v) is 6.85. The van der Waals surface area contributed by atoms with Gasteiger partial charge in [-0.05, 0) is 33.4 Å². The van der Waals surface area contributed by atoms with Gasteiger partial charge in [-0.3, -0.25) is 0 Å². The lowest BCUT2D eigenvalue weighted by molar-refractivity contribution is 0.237. The van der Waals surface area contributed by atoms with E-state index in [1.807, 2.05) is 0 Å². The molecule has 1 nitrogen and oxygen atoms in total. The van der Waals surface area contributed by atoms with Crippen LogP contribution in [0.3, 0.4) is 0 Å². The molecule has 0 N–H and O–H groups in total. The van der Waals surface area contributed by atoms with Gasteiger partial charge in [-0.1, -0.05) is 13.8 Å². The van der Waals surface area contributed by atoms with Crippen LogP contribution in [0.2, 0.25) is 0 Å². The molecule has 0 fully saturated rings. The molecule has 1 atom stereocenters. The molecule has 0 saturated heterocycles. The van der Waals surface area contributed by atoms with Gasteiger partial charge in [0.1, 0.15) is 0 Å². The Bertz CT molecular complexity index is 57.6. The van der Waals surface area contributed by atoms with E-state index in [0.29, 0.717) is 6.04 Å². The van der Waals surface area contributed by atoms with Gasteiger partial charge in [0, 0.05) is 6.04 Å². The van der Waals surface area contributed by atoms with Crippen molar-refractivity contribution in [2.24, 2.45) is 0 Å². The van der Waals surface area contributed by atoms with Crippen molar-refractivity contribution in [2.75, 3.05) is 13.1 Å². The summed E-state index contributed by atoms with van der Waals surface area (Å²) in [5, 5.41) is 0. The number of rotatable bonds is 4. The van der Waals surface area contributed by atoms with Gasteiger partial charge in [-0.15, -0.1) is 0 Å². The van der Waals surface area contributed by atoms with E-state index in [0.717, 1.165) is 13.1 Å². The van der Waals surface area contributed by atoms with Crippen LogP contribution in [0.15, 0.2) is 0 Å². The van der Waals surface area contributed by atoms with Gasteiger partial charge in [-0.25, -0.2) is 0 Å². The van der Waals surface area contributed by atoms with Gasteiger partial charge < -0.3 is 4.90 Å². The molecular weight excluding hydrogens is 110 g/mol. The van der Waals surface area contributed by atoms with Crippen molar-refractivity contribution in [1.29, 1.82) is 0 Å². The van der Waals surface area contributed by atoms with E-state index in [1.54, 1.807) is 0 Å². The van der Waals surface area contributed by atoms with Crippen LogP contribution in [0.1, 0.15) is 27.2 Å². The Morgan fingerprint density at radius 3 is 2.11 bits per heavy atom. The predicted molar refractivity (Wildman–Crippen MR) is 42.4 cm³/mol. The molecular formula is C8H18N. The molecule has 0 rings (SSSR count). The lowest BCUT2D eigenvalue weighted by atomic mass is 10.2. The van der Waals surface area contributed by atoms with E-state index in [-0.39, 0.29) is 0 Å². The highest BCUT2D eigenvalue weighted by atomic mass is 15.1.